The Morgan fingerprint density at radius 3 is 1.50 bits per heavy atom. The Morgan fingerprint density at radius 2 is 1.42 bits per heavy atom. The van der Waals surface area contributed by atoms with Crippen molar-refractivity contribution in [1.82, 2.24) is 5.32 Å². The van der Waals surface area contributed by atoms with Crippen molar-refractivity contribution in [3.63, 3.8) is 0 Å². The van der Waals surface area contributed by atoms with Crippen LogP contribution in [-0.4, -0.2) is 23.1 Å². The molecule has 0 aromatic carbocycles. The summed E-state index contributed by atoms with van der Waals surface area (Å²) in [5, 5.41) is 2.09. The topological polar surface area (TPSA) is 89.3 Å². The van der Waals surface area contributed by atoms with E-state index >= 15 is 0 Å². The zero-order valence-corrected chi connectivity index (χ0v) is 7.30. The van der Waals surface area contributed by atoms with E-state index in [0.717, 1.165) is 13.8 Å². The van der Waals surface area contributed by atoms with Crippen LogP contribution < -0.4 is 11.1 Å². The molecule has 12 heavy (non-hydrogen) atoms. The molecule has 0 aliphatic carbocycles. The van der Waals surface area contributed by atoms with Gasteiger partial charge in [0.2, 0.25) is 11.6 Å². The molecule has 1 amide bonds. The summed E-state index contributed by atoms with van der Waals surface area (Å²) >= 11 is 0. The summed E-state index contributed by atoms with van der Waals surface area (Å²) in [7, 11) is 0. The van der Waals surface area contributed by atoms with Crippen molar-refractivity contribution in [2.24, 2.45) is 5.73 Å². The predicted molar refractivity (Wildman–Crippen MR) is 42.1 cm³/mol. The molecule has 0 aromatic rings. The molecular formula is C7H12N2O3. The second kappa shape index (κ2) is 3.44. The first-order valence-electron chi connectivity index (χ1n) is 3.40. The third kappa shape index (κ3) is 2.13. The van der Waals surface area contributed by atoms with Crippen LogP contribution in [0.15, 0.2) is 0 Å². The second-order valence-corrected chi connectivity index (χ2v) is 2.60. The second-order valence-electron chi connectivity index (χ2n) is 2.60. The summed E-state index contributed by atoms with van der Waals surface area (Å²) < 4.78 is 0. The Bertz CT molecular complexity index is 221. The molecule has 5 heteroatoms. The Labute approximate surface area is 70.3 Å². The van der Waals surface area contributed by atoms with E-state index in [4.69, 9.17) is 5.73 Å². The van der Waals surface area contributed by atoms with Gasteiger partial charge in [0, 0.05) is 6.92 Å². The van der Waals surface area contributed by atoms with Crippen molar-refractivity contribution in [3.8, 4) is 0 Å². The van der Waals surface area contributed by atoms with Crippen LogP contribution in [0.2, 0.25) is 0 Å². The summed E-state index contributed by atoms with van der Waals surface area (Å²) in [6, 6.07) is 0. The quantitative estimate of drug-likeness (QED) is 0.420. The van der Waals surface area contributed by atoms with Crippen LogP contribution in [0.3, 0.4) is 0 Å². The number of rotatable bonds is 3. The van der Waals surface area contributed by atoms with E-state index in [1.165, 1.54) is 6.92 Å². The molecule has 0 heterocycles. The Morgan fingerprint density at radius 1 is 1.08 bits per heavy atom. The number of nitrogens with one attached hydrogen (secondary N) is 1. The number of hydrogen-bond donors (Lipinski definition) is 2. The average Bonchev–Trinajstić information content (AvgIpc) is 1.84. The Hall–Kier alpha value is -1.23. The zero-order chi connectivity index (χ0) is 9.94. The molecular weight excluding hydrogens is 160 g/mol. The molecule has 0 aromatic heterocycles. The van der Waals surface area contributed by atoms with Crippen molar-refractivity contribution in [1.29, 1.82) is 0 Å². The van der Waals surface area contributed by atoms with Crippen molar-refractivity contribution in [3.05, 3.63) is 0 Å². The largest absolute Gasteiger partial charge is 0.326 e. The highest BCUT2D eigenvalue weighted by Gasteiger charge is 2.36. The number of hydrogen-bond acceptors (Lipinski definition) is 4. The zero-order valence-electron chi connectivity index (χ0n) is 7.30. The Balaban J connectivity index is 4.75. The predicted octanol–water partition coefficient (Wildman–Crippen LogP) is -1.04. The SMILES string of the molecule is CC(=O)NC(N)(C(C)=O)C(C)=O. The van der Waals surface area contributed by atoms with E-state index in [2.05, 4.69) is 5.32 Å². The van der Waals surface area contributed by atoms with Crippen LogP contribution >= 0.6 is 0 Å². The number of carbonyl (C=O) groups excluding carboxylic acids is 3. The molecule has 3 N–H and O–H groups in total. The van der Waals surface area contributed by atoms with Gasteiger partial charge < -0.3 is 5.32 Å². The highest BCUT2D eigenvalue weighted by Crippen LogP contribution is 1.98. The smallest absolute Gasteiger partial charge is 0.218 e. The maximum atomic E-state index is 10.9. The standard InChI is InChI=1S/C7H12N2O3/c1-4(10)7(8,5(2)11)9-6(3)12/h8H2,1-3H3,(H,9,12). The minimum Gasteiger partial charge on any atom is -0.326 e. The summed E-state index contributed by atoms with van der Waals surface area (Å²) in [6.07, 6.45) is 0. The molecule has 5 nitrogen and oxygen atoms in total. The molecule has 0 saturated heterocycles. The van der Waals surface area contributed by atoms with E-state index in [0.29, 0.717) is 0 Å². The van der Waals surface area contributed by atoms with Gasteiger partial charge in [0.25, 0.3) is 0 Å². The summed E-state index contributed by atoms with van der Waals surface area (Å²) in [6.45, 7) is 3.49. The molecule has 0 bridgehead atoms. The van der Waals surface area contributed by atoms with Crippen molar-refractivity contribution >= 4 is 17.5 Å². The van der Waals surface area contributed by atoms with Crippen LogP contribution in [0.4, 0.5) is 0 Å². The van der Waals surface area contributed by atoms with Gasteiger partial charge in [-0.05, 0) is 13.8 Å². The minimum absolute atomic E-state index is 0.511. The number of Topliss-reactive ketones (excluding diaryl/α,β-unsaturated/α-hetero) is 2. The number of carbonyl (C=O) groups is 3. The van der Waals surface area contributed by atoms with Crippen LogP contribution in [0, 0.1) is 0 Å². The average molecular weight is 172 g/mol. The van der Waals surface area contributed by atoms with E-state index in [-0.39, 0.29) is 0 Å². The first-order chi connectivity index (χ1) is 5.30. The summed E-state index contributed by atoms with van der Waals surface area (Å²) in [5.41, 5.74) is 3.50. The van der Waals surface area contributed by atoms with E-state index in [1.807, 2.05) is 0 Å². The fourth-order valence-electron chi connectivity index (χ4n) is 0.702. The highest BCUT2D eigenvalue weighted by molar-refractivity contribution is 6.11. The summed E-state index contributed by atoms with van der Waals surface area (Å²) in [5.74, 6) is -1.67. The molecule has 0 rings (SSSR count). The van der Waals surface area contributed by atoms with Gasteiger partial charge in [-0.25, -0.2) is 0 Å². The van der Waals surface area contributed by atoms with Crippen molar-refractivity contribution in [2.75, 3.05) is 0 Å². The molecule has 0 aliphatic heterocycles. The van der Waals surface area contributed by atoms with Crippen LogP contribution in [0.5, 0.6) is 0 Å². The third-order valence-electron chi connectivity index (χ3n) is 1.48. The van der Waals surface area contributed by atoms with Gasteiger partial charge in [0.1, 0.15) is 0 Å². The molecule has 0 unspecified atom stereocenters. The van der Waals surface area contributed by atoms with Crippen LogP contribution in [0.25, 0.3) is 0 Å². The minimum atomic E-state index is -1.86. The lowest BCUT2D eigenvalue weighted by molar-refractivity contribution is -0.138. The van der Waals surface area contributed by atoms with Crippen molar-refractivity contribution in [2.45, 2.75) is 26.4 Å². The molecule has 0 atom stereocenters. The third-order valence-corrected chi connectivity index (χ3v) is 1.48. The lowest BCUT2D eigenvalue weighted by Crippen LogP contribution is -2.65. The maximum Gasteiger partial charge on any atom is 0.218 e. The highest BCUT2D eigenvalue weighted by atomic mass is 16.2. The van der Waals surface area contributed by atoms with Crippen molar-refractivity contribution < 1.29 is 14.4 Å². The first-order valence-corrected chi connectivity index (χ1v) is 3.40. The van der Waals surface area contributed by atoms with Gasteiger partial charge in [-0.15, -0.1) is 0 Å². The molecule has 0 saturated carbocycles. The lowest BCUT2D eigenvalue weighted by Gasteiger charge is -2.23. The van der Waals surface area contributed by atoms with E-state index in [9.17, 15) is 14.4 Å². The molecule has 0 spiro atoms. The van der Waals surface area contributed by atoms with Gasteiger partial charge in [-0.1, -0.05) is 0 Å². The lowest BCUT2D eigenvalue weighted by atomic mass is 10.0. The van der Waals surface area contributed by atoms with Crippen LogP contribution in [0.1, 0.15) is 20.8 Å². The molecule has 0 aliphatic rings. The van der Waals surface area contributed by atoms with Gasteiger partial charge >= 0.3 is 0 Å². The fraction of sp³-hybridized carbons (Fsp3) is 0.571. The van der Waals surface area contributed by atoms with Gasteiger partial charge in [0.15, 0.2) is 11.6 Å². The first kappa shape index (κ1) is 10.8. The molecule has 68 valence electrons. The molecule has 0 fully saturated rings. The number of ketones is 2. The normalized spacial score (nSPS) is 10.7. The Kier molecular flexibility index (Phi) is 3.09. The molecule has 0 radical (unpaired) electrons. The maximum absolute atomic E-state index is 10.9. The van der Waals surface area contributed by atoms with Gasteiger partial charge in [0.05, 0.1) is 0 Å². The van der Waals surface area contributed by atoms with Crippen LogP contribution in [-0.2, 0) is 14.4 Å². The fourth-order valence-corrected chi connectivity index (χ4v) is 0.702. The van der Waals surface area contributed by atoms with Gasteiger partial charge in [-0.2, -0.15) is 0 Å². The van der Waals surface area contributed by atoms with E-state index < -0.39 is 23.1 Å². The summed E-state index contributed by atoms with van der Waals surface area (Å²) in [4.78, 5) is 32.3. The number of nitrogens with two attached hydrogens (primary N) is 1. The number of amides is 1. The van der Waals surface area contributed by atoms with E-state index in [1.54, 1.807) is 0 Å². The monoisotopic (exact) mass is 172 g/mol. The van der Waals surface area contributed by atoms with Gasteiger partial charge in [-0.3, -0.25) is 20.1 Å².